The number of aromatic nitrogens is 3. The van der Waals surface area contributed by atoms with Gasteiger partial charge in [0.15, 0.2) is 0 Å². The predicted molar refractivity (Wildman–Crippen MR) is 70.8 cm³/mol. The van der Waals surface area contributed by atoms with Crippen molar-refractivity contribution in [3.8, 4) is 0 Å². The van der Waals surface area contributed by atoms with Crippen LogP contribution in [0.5, 0.6) is 0 Å². The minimum atomic E-state index is -0.685. The molecule has 0 spiro atoms. The fourth-order valence-electron chi connectivity index (χ4n) is 1.82. The molecule has 19 heavy (non-hydrogen) atoms. The Bertz CT molecular complexity index is 551. The zero-order chi connectivity index (χ0) is 13.8. The van der Waals surface area contributed by atoms with Crippen molar-refractivity contribution in [3.63, 3.8) is 0 Å². The second-order valence-corrected chi connectivity index (χ2v) is 4.48. The molecule has 1 atom stereocenters. The summed E-state index contributed by atoms with van der Waals surface area (Å²) in [4.78, 5) is 17.8. The first-order valence-corrected chi connectivity index (χ1v) is 5.96. The van der Waals surface area contributed by atoms with Crippen molar-refractivity contribution in [2.75, 3.05) is 7.05 Å². The monoisotopic (exact) mass is 259 g/mol. The highest BCUT2D eigenvalue weighted by molar-refractivity contribution is 5.82. The summed E-state index contributed by atoms with van der Waals surface area (Å²) < 4.78 is 1.63. The van der Waals surface area contributed by atoms with Crippen LogP contribution in [0.3, 0.4) is 0 Å². The van der Waals surface area contributed by atoms with Crippen LogP contribution in [-0.4, -0.2) is 32.6 Å². The van der Waals surface area contributed by atoms with E-state index in [1.165, 1.54) is 0 Å². The quantitative estimate of drug-likeness (QED) is 0.866. The molecule has 0 saturated heterocycles. The third kappa shape index (κ3) is 3.17. The second-order valence-electron chi connectivity index (χ2n) is 4.48. The molecule has 0 aliphatic heterocycles. The van der Waals surface area contributed by atoms with E-state index in [1.807, 2.05) is 12.1 Å². The van der Waals surface area contributed by atoms with E-state index in [-0.39, 0.29) is 5.91 Å². The lowest BCUT2D eigenvalue weighted by Crippen LogP contribution is -2.35. The van der Waals surface area contributed by atoms with Crippen LogP contribution < -0.4 is 5.73 Å². The molecular formula is C13H17N5O. The minimum Gasteiger partial charge on any atom is -0.340 e. The topological polar surface area (TPSA) is 77.0 Å². The largest absolute Gasteiger partial charge is 0.340 e. The molecule has 2 aromatic heterocycles. The highest BCUT2D eigenvalue weighted by Gasteiger charge is 2.21. The van der Waals surface area contributed by atoms with Crippen LogP contribution in [0.2, 0.25) is 0 Å². The zero-order valence-corrected chi connectivity index (χ0v) is 11.0. The Morgan fingerprint density at radius 3 is 2.89 bits per heavy atom. The Kier molecular flexibility index (Phi) is 3.91. The molecule has 1 amide bonds. The molecule has 2 heterocycles. The smallest absolute Gasteiger partial charge is 0.244 e. The molecule has 1 unspecified atom stereocenters. The number of likely N-dealkylation sites (N-methyl/N-ethyl adjacent to an activating group) is 1. The van der Waals surface area contributed by atoms with Crippen LogP contribution >= 0.6 is 0 Å². The summed E-state index contributed by atoms with van der Waals surface area (Å²) >= 11 is 0. The first-order chi connectivity index (χ1) is 9.08. The van der Waals surface area contributed by atoms with Crippen molar-refractivity contribution < 1.29 is 4.79 Å². The molecule has 2 N–H and O–H groups in total. The van der Waals surface area contributed by atoms with Gasteiger partial charge in [-0.1, -0.05) is 6.07 Å². The SMILES string of the molecule is CN(Cc1cccnc1)C(=O)C(N)c1cnn(C)c1. The van der Waals surface area contributed by atoms with Crippen LogP contribution in [-0.2, 0) is 18.4 Å². The van der Waals surface area contributed by atoms with Gasteiger partial charge in [-0.3, -0.25) is 14.5 Å². The Hall–Kier alpha value is -2.21. The Morgan fingerprint density at radius 1 is 1.53 bits per heavy atom. The average molecular weight is 259 g/mol. The number of carbonyl (C=O) groups excluding carboxylic acids is 1. The molecule has 6 nitrogen and oxygen atoms in total. The van der Waals surface area contributed by atoms with Crippen molar-refractivity contribution >= 4 is 5.91 Å². The summed E-state index contributed by atoms with van der Waals surface area (Å²) in [5.74, 6) is -0.142. The fraction of sp³-hybridized carbons (Fsp3) is 0.308. The Labute approximate surface area is 111 Å². The van der Waals surface area contributed by atoms with Gasteiger partial charge in [-0.05, 0) is 11.6 Å². The number of rotatable bonds is 4. The van der Waals surface area contributed by atoms with Gasteiger partial charge in [0, 0.05) is 44.8 Å². The lowest BCUT2D eigenvalue weighted by atomic mass is 10.1. The lowest BCUT2D eigenvalue weighted by Gasteiger charge is -2.20. The number of nitrogens with zero attached hydrogens (tertiary/aromatic N) is 4. The van der Waals surface area contributed by atoms with Crippen molar-refractivity contribution in [3.05, 3.63) is 48.0 Å². The number of aryl methyl sites for hydroxylation is 1. The predicted octanol–water partition coefficient (Wildman–Crippen LogP) is 0.473. The van der Waals surface area contributed by atoms with Crippen molar-refractivity contribution in [2.24, 2.45) is 12.8 Å². The highest BCUT2D eigenvalue weighted by Crippen LogP contribution is 2.13. The van der Waals surface area contributed by atoms with E-state index >= 15 is 0 Å². The van der Waals surface area contributed by atoms with Crippen molar-refractivity contribution in [1.29, 1.82) is 0 Å². The van der Waals surface area contributed by atoms with Gasteiger partial charge in [0.1, 0.15) is 6.04 Å². The number of amides is 1. The summed E-state index contributed by atoms with van der Waals surface area (Å²) in [7, 11) is 3.52. The number of carbonyl (C=O) groups is 1. The van der Waals surface area contributed by atoms with Gasteiger partial charge in [-0.25, -0.2) is 0 Å². The van der Waals surface area contributed by atoms with Crippen molar-refractivity contribution in [1.82, 2.24) is 19.7 Å². The normalized spacial score (nSPS) is 12.2. The van der Waals surface area contributed by atoms with Gasteiger partial charge < -0.3 is 10.6 Å². The third-order valence-corrected chi connectivity index (χ3v) is 2.87. The number of nitrogens with two attached hydrogens (primary N) is 1. The molecule has 0 saturated carbocycles. The summed E-state index contributed by atoms with van der Waals surface area (Å²) in [6.07, 6.45) is 6.80. The first-order valence-electron chi connectivity index (χ1n) is 5.96. The number of hydrogen-bond acceptors (Lipinski definition) is 4. The van der Waals surface area contributed by atoms with Gasteiger partial charge >= 0.3 is 0 Å². The van der Waals surface area contributed by atoms with Gasteiger partial charge in [-0.2, -0.15) is 5.10 Å². The van der Waals surface area contributed by atoms with Crippen LogP contribution in [0.15, 0.2) is 36.9 Å². The summed E-state index contributed by atoms with van der Waals surface area (Å²) in [5, 5.41) is 4.02. The van der Waals surface area contributed by atoms with Gasteiger partial charge in [-0.15, -0.1) is 0 Å². The molecule has 2 rings (SSSR count). The van der Waals surface area contributed by atoms with E-state index in [4.69, 9.17) is 5.73 Å². The van der Waals surface area contributed by atoms with E-state index in [1.54, 1.807) is 48.5 Å². The van der Waals surface area contributed by atoms with Crippen LogP contribution in [0.1, 0.15) is 17.2 Å². The zero-order valence-electron chi connectivity index (χ0n) is 11.0. The maximum absolute atomic E-state index is 12.2. The van der Waals surface area contributed by atoms with Crippen LogP contribution in [0, 0.1) is 0 Å². The van der Waals surface area contributed by atoms with Gasteiger partial charge in [0.2, 0.25) is 5.91 Å². The van der Waals surface area contributed by atoms with Crippen molar-refractivity contribution in [2.45, 2.75) is 12.6 Å². The standard InChI is InChI=1S/C13H17N5O/c1-17(8-10-4-3-5-15-6-10)13(19)12(14)11-7-16-18(2)9-11/h3-7,9,12H,8,14H2,1-2H3. The molecule has 0 bridgehead atoms. The highest BCUT2D eigenvalue weighted by atomic mass is 16.2. The fourth-order valence-corrected chi connectivity index (χ4v) is 1.82. The maximum atomic E-state index is 12.2. The van der Waals surface area contributed by atoms with E-state index in [2.05, 4.69) is 10.1 Å². The van der Waals surface area contributed by atoms with Crippen LogP contribution in [0.25, 0.3) is 0 Å². The van der Waals surface area contributed by atoms with Gasteiger partial charge in [0.05, 0.1) is 6.20 Å². The van der Waals surface area contributed by atoms with Crippen LogP contribution in [0.4, 0.5) is 0 Å². The third-order valence-electron chi connectivity index (χ3n) is 2.87. The van der Waals surface area contributed by atoms with E-state index < -0.39 is 6.04 Å². The van der Waals surface area contributed by atoms with E-state index in [0.29, 0.717) is 12.1 Å². The van der Waals surface area contributed by atoms with E-state index in [0.717, 1.165) is 5.56 Å². The molecule has 0 radical (unpaired) electrons. The summed E-state index contributed by atoms with van der Waals surface area (Å²) in [5.41, 5.74) is 7.63. The molecule has 0 fully saturated rings. The Balaban J connectivity index is 2.03. The van der Waals surface area contributed by atoms with Gasteiger partial charge in [0.25, 0.3) is 0 Å². The molecule has 0 aliphatic rings. The number of pyridine rings is 1. The summed E-state index contributed by atoms with van der Waals surface area (Å²) in [6, 6.07) is 3.08. The lowest BCUT2D eigenvalue weighted by molar-refractivity contribution is -0.131. The maximum Gasteiger partial charge on any atom is 0.244 e. The average Bonchev–Trinajstić information content (AvgIpc) is 2.85. The molecule has 2 aromatic rings. The molecular weight excluding hydrogens is 242 g/mol. The summed E-state index contributed by atoms with van der Waals surface area (Å²) in [6.45, 7) is 0.487. The molecule has 6 heteroatoms. The van der Waals surface area contributed by atoms with E-state index in [9.17, 15) is 4.79 Å². The molecule has 100 valence electrons. The first kappa shape index (κ1) is 13.2. The second kappa shape index (κ2) is 5.62. The molecule has 0 aromatic carbocycles. The Morgan fingerprint density at radius 2 is 2.32 bits per heavy atom. The molecule has 0 aliphatic carbocycles. The minimum absolute atomic E-state index is 0.142. The number of hydrogen-bond donors (Lipinski definition) is 1.